The molecular formula is C18H17N3O5S. The van der Waals surface area contributed by atoms with E-state index in [1.807, 2.05) is 19.1 Å². The average molecular weight is 387 g/mol. The first-order valence-electron chi connectivity index (χ1n) is 8.04. The fourth-order valence-corrected chi connectivity index (χ4v) is 3.74. The van der Waals surface area contributed by atoms with Crippen molar-refractivity contribution in [3.05, 3.63) is 59.7 Å². The van der Waals surface area contributed by atoms with Crippen LogP contribution in [-0.2, 0) is 24.3 Å². The maximum Gasteiger partial charge on any atom is 0.328 e. The zero-order valence-electron chi connectivity index (χ0n) is 14.4. The molecule has 0 aromatic heterocycles. The largest absolute Gasteiger partial charge is 0.454 e. The second-order valence-electron chi connectivity index (χ2n) is 5.79. The summed E-state index contributed by atoms with van der Waals surface area (Å²) in [5, 5.41) is 2.64. The summed E-state index contributed by atoms with van der Waals surface area (Å²) in [4.78, 5) is 27.7. The molecule has 27 heavy (non-hydrogen) atoms. The lowest BCUT2D eigenvalue weighted by atomic mass is 10.2. The monoisotopic (exact) mass is 387 g/mol. The molecule has 2 N–H and O–H groups in total. The van der Waals surface area contributed by atoms with Crippen LogP contribution in [0.1, 0.15) is 11.1 Å². The molecule has 0 atom stereocenters. The van der Waals surface area contributed by atoms with E-state index in [0.717, 1.165) is 5.56 Å². The first-order chi connectivity index (χ1) is 12.9. The molecule has 8 nitrogen and oxygen atoms in total. The molecule has 1 aliphatic rings. The first-order valence-corrected chi connectivity index (χ1v) is 9.53. The maximum atomic E-state index is 12.0. The highest BCUT2D eigenvalue weighted by Gasteiger charge is 2.30. The molecule has 0 aliphatic carbocycles. The second-order valence-corrected chi connectivity index (χ2v) is 7.44. The van der Waals surface area contributed by atoms with Gasteiger partial charge in [-0.1, -0.05) is 30.3 Å². The number of para-hydroxylation sites is 1. The summed E-state index contributed by atoms with van der Waals surface area (Å²) >= 11 is 0. The Balaban J connectivity index is 1.55. The summed E-state index contributed by atoms with van der Waals surface area (Å²) in [5.74, 6) is -1.14. The van der Waals surface area contributed by atoms with Crippen molar-refractivity contribution in [1.82, 2.24) is 4.72 Å². The first kappa shape index (κ1) is 18.6. The van der Waals surface area contributed by atoms with Gasteiger partial charge in [0, 0.05) is 11.3 Å². The number of hydrogen-bond donors (Lipinski definition) is 2. The predicted octanol–water partition coefficient (Wildman–Crippen LogP) is 1.22. The van der Waals surface area contributed by atoms with Crippen LogP contribution in [0.25, 0.3) is 0 Å². The molecule has 2 aromatic carbocycles. The highest BCUT2D eigenvalue weighted by Crippen LogP contribution is 2.22. The third kappa shape index (κ3) is 4.32. The Morgan fingerprint density at radius 1 is 1.11 bits per heavy atom. The summed E-state index contributed by atoms with van der Waals surface area (Å²) < 4.78 is 31.1. The topological polar surface area (TPSA) is 114 Å². The van der Waals surface area contributed by atoms with Crippen LogP contribution in [0.3, 0.4) is 0 Å². The number of benzene rings is 2. The Kier molecular flexibility index (Phi) is 5.22. The van der Waals surface area contributed by atoms with Crippen LogP contribution in [0, 0.1) is 6.92 Å². The van der Waals surface area contributed by atoms with Crippen LogP contribution in [0.15, 0.2) is 58.4 Å². The number of nitrogens with zero attached hydrogens (tertiary/aromatic N) is 1. The van der Waals surface area contributed by atoms with E-state index in [4.69, 9.17) is 4.74 Å². The third-order valence-corrected chi connectivity index (χ3v) is 5.21. The lowest BCUT2D eigenvalue weighted by Gasteiger charge is -2.08. The molecule has 0 radical (unpaired) electrons. The molecule has 0 saturated carbocycles. The number of amidine groups is 1. The van der Waals surface area contributed by atoms with Crippen LogP contribution in [0.2, 0.25) is 0 Å². The van der Waals surface area contributed by atoms with Crippen molar-refractivity contribution in [1.29, 1.82) is 0 Å². The number of aryl methyl sites for hydroxylation is 1. The van der Waals surface area contributed by atoms with Crippen molar-refractivity contribution in [3.8, 4) is 0 Å². The second kappa shape index (κ2) is 7.58. The van der Waals surface area contributed by atoms with Gasteiger partial charge in [-0.15, -0.1) is 0 Å². The minimum atomic E-state index is -3.66. The quantitative estimate of drug-likeness (QED) is 0.749. The van der Waals surface area contributed by atoms with Gasteiger partial charge in [-0.05, 0) is 30.7 Å². The number of esters is 1. The fourth-order valence-electron chi connectivity index (χ4n) is 2.49. The third-order valence-electron chi connectivity index (χ3n) is 3.81. The van der Waals surface area contributed by atoms with Crippen LogP contribution in [0.5, 0.6) is 0 Å². The molecule has 0 unspecified atom stereocenters. The van der Waals surface area contributed by atoms with E-state index >= 15 is 0 Å². The summed E-state index contributed by atoms with van der Waals surface area (Å²) in [5.41, 5.74) is 1.91. The molecule has 0 spiro atoms. The van der Waals surface area contributed by atoms with Gasteiger partial charge >= 0.3 is 5.97 Å². The predicted molar refractivity (Wildman–Crippen MR) is 98.9 cm³/mol. The lowest BCUT2D eigenvalue weighted by Crippen LogP contribution is -2.25. The van der Waals surface area contributed by atoms with Gasteiger partial charge in [-0.3, -0.25) is 19.3 Å². The fraction of sp³-hybridized carbons (Fsp3) is 0.167. The van der Waals surface area contributed by atoms with Crippen molar-refractivity contribution >= 4 is 33.4 Å². The number of aliphatic imine (C=N–C) groups is 1. The molecule has 9 heteroatoms. The summed E-state index contributed by atoms with van der Waals surface area (Å²) in [6.45, 7) is 0.975. The van der Waals surface area contributed by atoms with Gasteiger partial charge in [0.1, 0.15) is 12.4 Å². The van der Waals surface area contributed by atoms with Crippen molar-refractivity contribution in [2.24, 2.45) is 4.99 Å². The van der Waals surface area contributed by atoms with Gasteiger partial charge in [0.15, 0.2) is 6.61 Å². The number of fused-ring (bicyclic) bond motifs is 1. The minimum absolute atomic E-state index is 0.0758. The molecule has 1 amide bonds. The molecule has 1 aliphatic heterocycles. The Hall–Kier alpha value is -3.20. The van der Waals surface area contributed by atoms with E-state index < -0.39 is 35.1 Å². The minimum Gasteiger partial charge on any atom is -0.454 e. The van der Waals surface area contributed by atoms with Crippen molar-refractivity contribution in [2.75, 3.05) is 18.5 Å². The van der Waals surface area contributed by atoms with E-state index in [9.17, 15) is 18.0 Å². The Labute approximate surface area is 156 Å². The van der Waals surface area contributed by atoms with E-state index in [-0.39, 0.29) is 10.7 Å². The van der Waals surface area contributed by atoms with Crippen LogP contribution in [-0.4, -0.2) is 39.3 Å². The standard InChI is InChI=1S/C18H17N3O5S/c1-12-6-2-4-8-14(12)20-16(22)11-26-17(23)10-19-18-13-7-3-5-9-15(13)27(24,25)21-18/h2-9H,10-11H2,1H3,(H,19,21)(H,20,22). The number of rotatable bonds is 5. The van der Waals surface area contributed by atoms with Gasteiger partial charge in [-0.2, -0.15) is 0 Å². The van der Waals surface area contributed by atoms with Gasteiger partial charge < -0.3 is 10.1 Å². The number of amides is 1. The molecule has 140 valence electrons. The van der Waals surface area contributed by atoms with Gasteiger partial charge in [0.2, 0.25) is 0 Å². The smallest absolute Gasteiger partial charge is 0.328 e. The highest BCUT2D eigenvalue weighted by molar-refractivity contribution is 7.90. The number of nitrogens with one attached hydrogen (secondary N) is 2. The van der Waals surface area contributed by atoms with E-state index in [1.54, 1.807) is 30.3 Å². The Bertz CT molecular complexity index is 1030. The van der Waals surface area contributed by atoms with Crippen molar-refractivity contribution < 1.29 is 22.7 Å². The van der Waals surface area contributed by atoms with Gasteiger partial charge in [0.25, 0.3) is 15.9 Å². The molecule has 0 fully saturated rings. The molecule has 3 rings (SSSR count). The van der Waals surface area contributed by atoms with E-state index in [0.29, 0.717) is 11.3 Å². The normalized spacial score (nSPS) is 15.7. The molecule has 0 bridgehead atoms. The molecule has 0 saturated heterocycles. The maximum absolute atomic E-state index is 12.0. The molecule has 1 heterocycles. The zero-order chi connectivity index (χ0) is 19.4. The zero-order valence-corrected chi connectivity index (χ0v) is 15.2. The van der Waals surface area contributed by atoms with Gasteiger partial charge in [-0.25, -0.2) is 8.42 Å². The number of carbonyl (C=O) groups is 2. The van der Waals surface area contributed by atoms with Crippen LogP contribution in [0.4, 0.5) is 5.69 Å². The van der Waals surface area contributed by atoms with Gasteiger partial charge in [0.05, 0.1) is 4.90 Å². The summed E-state index contributed by atoms with van der Waals surface area (Å²) in [6.07, 6.45) is 0. The number of hydrogen-bond acceptors (Lipinski definition) is 6. The van der Waals surface area contributed by atoms with Crippen LogP contribution >= 0.6 is 0 Å². The highest BCUT2D eigenvalue weighted by atomic mass is 32.2. The van der Waals surface area contributed by atoms with Crippen molar-refractivity contribution in [2.45, 2.75) is 11.8 Å². The van der Waals surface area contributed by atoms with Crippen molar-refractivity contribution in [3.63, 3.8) is 0 Å². The summed E-state index contributed by atoms with van der Waals surface area (Å²) in [6, 6.07) is 13.5. The van der Waals surface area contributed by atoms with Crippen LogP contribution < -0.4 is 10.0 Å². The number of carbonyl (C=O) groups excluding carboxylic acids is 2. The Morgan fingerprint density at radius 2 is 1.81 bits per heavy atom. The van der Waals surface area contributed by atoms with E-state index in [1.165, 1.54) is 6.07 Å². The number of anilines is 1. The Morgan fingerprint density at radius 3 is 2.59 bits per heavy atom. The summed E-state index contributed by atoms with van der Waals surface area (Å²) in [7, 11) is -3.66. The molecular weight excluding hydrogens is 370 g/mol. The lowest BCUT2D eigenvalue weighted by molar-refractivity contribution is -0.145. The molecule has 2 aromatic rings. The SMILES string of the molecule is Cc1ccccc1NC(=O)COC(=O)CN=C1NS(=O)(=O)c2ccccc21. The average Bonchev–Trinajstić information content (AvgIpc) is 2.91. The number of ether oxygens (including phenoxy) is 1. The van der Waals surface area contributed by atoms with E-state index in [2.05, 4.69) is 15.0 Å². The number of sulfonamides is 1.